The zero-order valence-corrected chi connectivity index (χ0v) is 32.1. The van der Waals surface area contributed by atoms with Crippen LogP contribution in [0.5, 0.6) is 0 Å². The highest BCUT2D eigenvalue weighted by atomic mass is 35.5. The number of halogens is 4. The molecule has 4 N–H and O–H groups in total. The van der Waals surface area contributed by atoms with Crippen LogP contribution in [-0.4, -0.2) is 87.6 Å². The zero-order chi connectivity index (χ0) is 40.4. The number of nitrogens with zero attached hydrogens (tertiary/aromatic N) is 6. The van der Waals surface area contributed by atoms with E-state index in [0.717, 1.165) is 40.8 Å². The molecular weight excluding hydrogens is 739 g/mol. The standard InChI is InChI=1S/C38H45ClF3N9O4/c1-7-9-10-25-11-12-26(19-23(25)3)35-46-22-45-29(8-2)33(49-15-17-50(18-16-49)36(54)32(44-6)34(53)24(4)43-5)37(55)51(48-35)21-31(52)47-30-14-13-27(20-28(30)39)38(40,41)42/h7,11-14,19-20,22,44,53H,1,8-10,15-18,21H2,2-6H3,(H,47,52)(H,45,46,48)/b33-29?,34-32+,43-24?. The SMILES string of the molecule is C=CCCc1ccc(-c2ncnc(CC)c(N3CCN(C(=O)/C(NC)=C(\O)C(C)=NC)CC3)c(=O)n(CC(=O)Nc3ccc(C(F)(F)F)cc3Cl)[nH]2)cc1C. The van der Waals surface area contributed by atoms with Gasteiger partial charge in [-0.2, -0.15) is 13.2 Å². The van der Waals surface area contributed by atoms with Gasteiger partial charge in [-0.05, 0) is 68.5 Å². The summed E-state index contributed by atoms with van der Waals surface area (Å²) in [5.41, 5.74) is 1.75. The number of aromatic amines is 1. The molecule has 0 radical (unpaired) electrons. The number of benzene rings is 2. The molecule has 1 aromatic heterocycles. The van der Waals surface area contributed by atoms with Gasteiger partial charge in [0, 0.05) is 45.8 Å². The molecule has 4 rings (SSSR count). The summed E-state index contributed by atoms with van der Waals surface area (Å²) in [7, 11) is 3.02. The number of likely N-dealkylation sites (N-methyl/N-ethyl adjacent to an activating group) is 1. The third-order valence-corrected chi connectivity index (χ3v) is 9.38. The molecule has 1 aliphatic heterocycles. The van der Waals surface area contributed by atoms with E-state index in [4.69, 9.17) is 11.6 Å². The van der Waals surface area contributed by atoms with Crippen molar-refractivity contribution in [1.29, 1.82) is 0 Å². The molecule has 294 valence electrons. The molecule has 0 unspecified atom stereocenters. The van der Waals surface area contributed by atoms with Gasteiger partial charge in [-0.1, -0.05) is 36.7 Å². The Morgan fingerprint density at radius 3 is 2.42 bits per heavy atom. The smallest absolute Gasteiger partial charge is 0.416 e. The third-order valence-electron chi connectivity index (χ3n) is 9.07. The number of piperazine rings is 1. The minimum atomic E-state index is -4.64. The third kappa shape index (κ3) is 10.3. The fourth-order valence-electron chi connectivity index (χ4n) is 5.92. The number of aliphatic hydroxyl groups is 1. The summed E-state index contributed by atoms with van der Waals surface area (Å²) < 4.78 is 40.9. The minimum Gasteiger partial charge on any atom is -0.504 e. The van der Waals surface area contributed by atoms with Crippen molar-refractivity contribution in [2.45, 2.75) is 52.8 Å². The molecule has 13 nitrogen and oxygen atoms in total. The lowest BCUT2D eigenvalue weighted by molar-refractivity contribution is -0.137. The number of rotatable bonds is 12. The monoisotopic (exact) mass is 783 g/mol. The zero-order valence-electron chi connectivity index (χ0n) is 31.3. The van der Waals surface area contributed by atoms with Crippen LogP contribution in [0.3, 0.4) is 0 Å². The molecule has 0 aliphatic carbocycles. The lowest BCUT2D eigenvalue weighted by Crippen LogP contribution is -2.52. The number of H-pyrrole nitrogens is 1. The van der Waals surface area contributed by atoms with Crippen LogP contribution >= 0.6 is 11.6 Å². The van der Waals surface area contributed by atoms with Crippen molar-refractivity contribution in [2.75, 3.05) is 50.5 Å². The molecule has 0 atom stereocenters. The number of carbonyl (C=O) groups is 2. The highest BCUT2D eigenvalue weighted by Crippen LogP contribution is 2.34. The second-order valence-corrected chi connectivity index (χ2v) is 13.1. The molecule has 17 heteroatoms. The van der Waals surface area contributed by atoms with Crippen LogP contribution in [0.15, 0.2) is 76.6 Å². The number of aliphatic imine (C=N–C) groups is 1. The number of nitrogens with one attached hydrogen (secondary N) is 3. The van der Waals surface area contributed by atoms with Crippen LogP contribution in [0.4, 0.5) is 24.5 Å². The number of amides is 2. The van der Waals surface area contributed by atoms with E-state index in [-0.39, 0.29) is 65.6 Å². The van der Waals surface area contributed by atoms with Crippen LogP contribution in [0.1, 0.15) is 42.7 Å². The second-order valence-electron chi connectivity index (χ2n) is 12.6. The molecule has 0 bridgehead atoms. The largest absolute Gasteiger partial charge is 0.504 e. The van der Waals surface area contributed by atoms with Crippen LogP contribution < -0.4 is 21.1 Å². The van der Waals surface area contributed by atoms with Crippen LogP contribution in [0, 0.1) is 6.92 Å². The van der Waals surface area contributed by atoms with E-state index >= 15 is 0 Å². The summed E-state index contributed by atoms with van der Waals surface area (Å²) >= 11 is 6.13. The van der Waals surface area contributed by atoms with Crippen molar-refractivity contribution in [1.82, 2.24) is 30.0 Å². The molecule has 1 aliphatic rings. The van der Waals surface area contributed by atoms with Crippen molar-refractivity contribution in [2.24, 2.45) is 4.99 Å². The van der Waals surface area contributed by atoms with Gasteiger partial charge >= 0.3 is 6.18 Å². The Kier molecular flexibility index (Phi) is 14.2. The van der Waals surface area contributed by atoms with Crippen LogP contribution in [0.2, 0.25) is 5.02 Å². The molecule has 55 heavy (non-hydrogen) atoms. The highest BCUT2D eigenvalue weighted by molar-refractivity contribution is 6.33. The molecule has 1 saturated heterocycles. The number of allylic oxidation sites excluding steroid dienone is 2. The Morgan fingerprint density at radius 2 is 1.84 bits per heavy atom. The van der Waals surface area contributed by atoms with Gasteiger partial charge in [-0.25, -0.2) is 14.6 Å². The van der Waals surface area contributed by atoms with E-state index in [9.17, 15) is 32.7 Å². The fourth-order valence-corrected chi connectivity index (χ4v) is 6.14. The summed E-state index contributed by atoms with van der Waals surface area (Å²) in [4.78, 5) is 58.0. The lowest BCUT2D eigenvalue weighted by atomic mass is 10.0. The number of carbonyl (C=O) groups excluding carboxylic acids is 2. The first kappa shape index (κ1) is 42.1. The van der Waals surface area contributed by atoms with Gasteiger partial charge in [-0.3, -0.25) is 24.5 Å². The first-order chi connectivity index (χ1) is 26.1. The lowest BCUT2D eigenvalue weighted by Gasteiger charge is -2.36. The Balaban J connectivity index is 1.80. The predicted octanol–water partition coefficient (Wildman–Crippen LogP) is 5.79. The van der Waals surface area contributed by atoms with Gasteiger partial charge in [0.25, 0.3) is 11.5 Å². The summed E-state index contributed by atoms with van der Waals surface area (Å²) in [5, 5.41) is 18.5. The number of aliphatic hydroxyl groups excluding tert-OH is 1. The van der Waals surface area contributed by atoms with E-state index in [0.29, 0.717) is 23.7 Å². The van der Waals surface area contributed by atoms with Crippen molar-refractivity contribution in [3.8, 4) is 11.4 Å². The van der Waals surface area contributed by atoms with E-state index in [2.05, 4.69) is 37.3 Å². The Morgan fingerprint density at radius 1 is 1.13 bits per heavy atom. The molecule has 1 fully saturated rings. The minimum absolute atomic E-state index is 0.0173. The number of hydrogen-bond acceptors (Lipinski definition) is 9. The van der Waals surface area contributed by atoms with E-state index in [1.54, 1.807) is 11.8 Å². The van der Waals surface area contributed by atoms with Gasteiger partial charge in [-0.15, -0.1) is 6.58 Å². The number of hydrogen-bond donors (Lipinski definition) is 4. The highest BCUT2D eigenvalue weighted by Gasteiger charge is 2.31. The van der Waals surface area contributed by atoms with Gasteiger partial charge < -0.3 is 25.5 Å². The van der Waals surface area contributed by atoms with E-state index in [1.807, 2.05) is 38.1 Å². The van der Waals surface area contributed by atoms with Gasteiger partial charge in [0.1, 0.15) is 24.3 Å². The van der Waals surface area contributed by atoms with Gasteiger partial charge in [0.15, 0.2) is 11.6 Å². The van der Waals surface area contributed by atoms with E-state index < -0.39 is 35.7 Å². The first-order valence-electron chi connectivity index (χ1n) is 17.5. The molecule has 2 amide bonds. The van der Waals surface area contributed by atoms with E-state index in [1.165, 1.54) is 25.3 Å². The summed E-state index contributed by atoms with van der Waals surface area (Å²) in [5.74, 6) is -1.27. The molecule has 0 spiro atoms. The van der Waals surface area contributed by atoms with Crippen LogP contribution in [0.25, 0.3) is 11.4 Å². The molecule has 0 saturated carbocycles. The van der Waals surface area contributed by atoms with Crippen LogP contribution in [-0.2, 0) is 35.2 Å². The Hall–Kier alpha value is -5.64. The van der Waals surface area contributed by atoms with Crippen molar-refractivity contribution in [3.05, 3.63) is 105 Å². The normalized spacial score (nSPS) is 13.9. The quantitative estimate of drug-likeness (QED) is 0.0778. The molecule has 3 aromatic rings. The van der Waals surface area contributed by atoms with Crippen molar-refractivity contribution in [3.63, 3.8) is 0 Å². The molecular formula is C38H45ClF3N9O4. The average molecular weight is 784 g/mol. The van der Waals surface area contributed by atoms with Crippen molar-refractivity contribution < 1.29 is 27.9 Å². The second kappa shape index (κ2) is 18.6. The number of anilines is 2. The van der Waals surface area contributed by atoms with Gasteiger partial charge in [0.05, 0.1) is 27.7 Å². The summed E-state index contributed by atoms with van der Waals surface area (Å²) in [6.07, 6.45) is 0.383. The maximum Gasteiger partial charge on any atom is 0.416 e. The topological polar surface area (TPSA) is 161 Å². The number of aryl methyl sites for hydroxylation is 3. The number of aromatic nitrogens is 4. The maximum atomic E-state index is 14.7. The number of alkyl halides is 3. The molecule has 2 aromatic carbocycles. The Bertz CT molecular complexity index is 2100. The molecule has 2 heterocycles. The maximum absolute atomic E-state index is 14.7. The first-order valence-corrected chi connectivity index (χ1v) is 17.9. The summed E-state index contributed by atoms with van der Waals surface area (Å²) in [6, 6.07) is 8.21. The Labute approximate surface area is 322 Å². The fraction of sp³-hybridized carbons (Fsp3) is 0.368. The summed E-state index contributed by atoms with van der Waals surface area (Å²) in [6.45, 7) is 9.27. The average Bonchev–Trinajstić information content (AvgIpc) is 3.22. The van der Waals surface area contributed by atoms with Gasteiger partial charge in [0.2, 0.25) is 5.91 Å². The predicted molar refractivity (Wildman–Crippen MR) is 208 cm³/mol. The van der Waals surface area contributed by atoms with Crippen molar-refractivity contribution >= 4 is 40.5 Å².